The molecule has 0 atom stereocenters. The summed E-state index contributed by atoms with van der Waals surface area (Å²) in [6.45, 7) is 8.07. The van der Waals surface area contributed by atoms with Crippen molar-refractivity contribution in [3.8, 4) is 0 Å². The van der Waals surface area contributed by atoms with E-state index in [0.717, 1.165) is 31.9 Å². The van der Waals surface area contributed by atoms with Crippen molar-refractivity contribution in [2.24, 2.45) is 0 Å². The maximum atomic E-state index is 12.1. The Morgan fingerprint density at radius 2 is 1.90 bits per heavy atom. The minimum absolute atomic E-state index is 0.0182. The lowest BCUT2D eigenvalue weighted by atomic mass is 10.1. The molecule has 0 heterocycles. The molecule has 0 aliphatic carbocycles. The van der Waals surface area contributed by atoms with E-state index in [9.17, 15) is 4.79 Å². The molecule has 0 aliphatic rings. The number of anilines is 2. The highest BCUT2D eigenvalue weighted by atomic mass is 16.2. The molecular weight excluding hydrogens is 252 g/mol. The molecule has 0 saturated heterocycles. The van der Waals surface area contributed by atoms with E-state index in [2.05, 4.69) is 24.1 Å². The number of rotatable bonds is 7. The Morgan fingerprint density at radius 3 is 2.45 bits per heavy atom. The summed E-state index contributed by atoms with van der Waals surface area (Å²) >= 11 is 0. The van der Waals surface area contributed by atoms with Gasteiger partial charge in [-0.15, -0.1) is 0 Å². The van der Waals surface area contributed by atoms with Gasteiger partial charge < -0.3 is 20.9 Å². The van der Waals surface area contributed by atoms with Gasteiger partial charge in [-0.2, -0.15) is 0 Å². The van der Waals surface area contributed by atoms with E-state index in [-0.39, 0.29) is 5.91 Å². The van der Waals surface area contributed by atoms with E-state index in [1.165, 1.54) is 0 Å². The first-order chi connectivity index (χ1) is 9.49. The van der Waals surface area contributed by atoms with Crippen molar-refractivity contribution in [1.29, 1.82) is 0 Å². The lowest BCUT2D eigenvalue weighted by Gasteiger charge is -2.20. The second kappa shape index (κ2) is 7.75. The van der Waals surface area contributed by atoms with Crippen LogP contribution in [0.4, 0.5) is 11.4 Å². The summed E-state index contributed by atoms with van der Waals surface area (Å²) in [6.07, 6.45) is 0. The van der Waals surface area contributed by atoms with Crippen molar-refractivity contribution >= 4 is 17.3 Å². The second-order valence-corrected chi connectivity index (χ2v) is 4.96. The summed E-state index contributed by atoms with van der Waals surface area (Å²) in [5.41, 5.74) is 7.93. The number of hydrogen-bond donors (Lipinski definition) is 2. The van der Waals surface area contributed by atoms with Gasteiger partial charge in [0, 0.05) is 38.6 Å². The molecule has 1 amide bonds. The third-order valence-corrected chi connectivity index (χ3v) is 3.32. The van der Waals surface area contributed by atoms with E-state index in [1.54, 1.807) is 31.1 Å². The van der Waals surface area contributed by atoms with E-state index in [0.29, 0.717) is 11.3 Å². The van der Waals surface area contributed by atoms with Crippen molar-refractivity contribution in [3.63, 3.8) is 0 Å². The molecule has 1 aromatic carbocycles. The first-order valence-corrected chi connectivity index (χ1v) is 7.07. The van der Waals surface area contributed by atoms with E-state index < -0.39 is 0 Å². The maximum Gasteiger partial charge on any atom is 0.255 e. The molecule has 5 nitrogen and oxygen atoms in total. The molecule has 0 aliphatic heterocycles. The largest absolute Gasteiger partial charge is 0.399 e. The topological polar surface area (TPSA) is 61.6 Å². The number of nitrogens with two attached hydrogens (primary N) is 1. The molecule has 1 rings (SSSR count). The Hall–Kier alpha value is -1.75. The smallest absolute Gasteiger partial charge is 0.255 e. The van der Waals surface area contributed by atoms with Crippen molar-refractivity contribution in [1.82, 2.24) is 9.80 Å². The molecule has 0 fully saturated rings. The summed E-state index contributed by atoms with van der Waals surface area (Å²) in [4.78, 5) is 16.0. The van der Waals surface area contributed by atoms with Gasteiger partial charge in [0.15, 0.2) is 0 Å². The lowest BCUT2D eigenvalue weighted by molar-refractivity contribution is 0.0828. The van der Waals surface area contributed by atoms with E-state index in [1.807, 2.05) is 6.07 Å². The third kappa shape index (κ3) is 4.42. The first-order valence-electron chi connectivity index (χ1n) is 7.07. The average Bonchev–Trinajstić information content (AvgIpc) is 2.43. The highest BCUT2D eigenvalue weighted by Crippen LogP contribution is 2.20. The average molecular weight is 278 g/mol. The fourth-order valence-corrected chi connectivity index (χ4v) is 2.02. The molecule has 0 radical (unpaired) electrons. The zero-order valence-electron chi connectivity index (χ0n) is 12.9. The van der Waals surface area contributed by atoms with Crippen LogP contribution in [0.5, 0.6) is 0 Å². The van der Waals surface area contributed by atoms with Crippen molar-refractivity contribution in [2.45, 2.75) is 13.8 Å². The number of hydrogen-bond acceptors (Lipinski definition) is 4. The van der Waals surface area contributed by atoms with Crippen LogP contribution in [0.15, 0.2) is 18.2 Å². The lowest BCUT2D eigenvalue weighted by Crippen LogP contribution is -2.29. The highest BCUT2D eigenvalue weighted by Gasteiger charge is 2.13. The number of amides is 1. The van der Waals surface area contributed by atoms with E-state index in [4.69, 9.17) is 5.73 Å². The number of nitrogen functional groups attached to an aromatic ring is 1. The van der Waals surface area contributed by atoms with E-state index >= 15 is 0 Å². The van der Waals surface area contributed by atoms with Gasteiger partial charge in [0.05, 0.1) is 5.56 Å². The van der Waals surface area contributed by atoms with Gasteiger partial charge in [0.1, 0.15) is 0 Å². The number of carbonyl (C=O) groups excluding carboxylic acids is 1. The van der Waals surface area contributed by atoms with Crippen LogP contribution >= 0.6 is 0 Å². The Balaban J connectivity index is 2.77. The summed E-state index contributed by atoms with van der Waals surface area (Å²) in [5, 5.41) is 3.32. The van der Waals surface area contributed by atoms with Crippen LogP contribution in [0, 0.1) is 0 Å². The molecular formula is C15H26N4O. The standard InChI is InChI=1S/C15H26N4O/c1-5-19(6-2)10-9-17-14-11-12(16)7-8-13(14)15(20)18(3)4/h7-8,11,17H,5-6,9-10,16H2,1-4H3. The number of likely N-dealkylation sites (N-methyl/N-ethyl adjacent to an activating group) is 1. The van der Waals surface area contributed by atoms with Gasteiger partial charge in [-0.3, -0.25) is 4.79 Å². The molecule has 20 heavy (non-hydrogen) atoms. The zero-order chi connectivity index (χ0) is 15.1. The normalized spacial score (nSPS) is 10.7. The Labute approximate surface area is 121 Å². The Bertz CT molecular complexity index is 441. The molecule has 0 bridgehead atoms. The van der Waals surface area contributed by atoms with Crippen LogP contribution in [0.25, 0.3) is 0 Å². The van der Waals surface area contributed by atoms with Gasteiger partial charge in [-0.1, -0.05) is 13.8 Å². The molecule has 0 saturated carbocycles. The number of benzene rings is 1. The predicted molar refractivity (Wildman–Crippen MR) is 85.1 cm³/mol. The van der Waals surface area contributed by atoms with Crippen LogP contribution in [0.1, 0.15) is 24.2 Å². The van der Waals surface area contributed by atoms with Crippen LogP contribution in [0.2, 0.25) is 0 Å². The zero-order valence-corrected chi connectivity index (χ0v) is 12.9. The molecule has 112 valence electrons. The van der Waals surface area contributed by atoms with Gasteiger partial charge in [-0.25, -0.2) is 0 Å². The van der Waals surface area contributed by atoms with Crippen molar-refractivity contribution in [3.05, 3.63) is 23.8 Å². The predicted octanol–water partition coefficient (Wildman–Crippen LogP) is 1.72. The molecule has 3 N–H and O–H groups in total. The van der Waals surface area contributed by atoms with Crippen LogP contribution in [-0.4, -0.2) is 56.0 Å². The minimum atomic E-state index is -0.0182. The molecule has 5 heteroatoms. The second-order valence-electron chi connectivity index (χ2n) is 4.96. The maximum absolute atomic E-state index is 12.1. The summed E-state index contributed by atoms with van der Waals surface area (Å²) in [5.74, 6) is -0.0182. The Morgan fingerprint density at radius 1 is 1.25 bits per heavy atom. The quantitative estimate of drug-likeness (QED) is 0.746. The van der Waals surface area contributed by atoms with Gasteiger partial charge in [0.25, 0.3) is 5.91 Å². The number of nitrogens with zero attached hydrogens (tertiary/aromatic N) is 2. The first kappa shape index (κ1) is 16.3. The van der Waals surface area contributed by atoms with Crippen molar-refractivity contribution < 1.29 is 4.79 Å². The fourth-order valence-electron chi connectivity index (χ4n) is 2.02. The monoisotopic (exact) mass is 278 g/mol. The van der Waals surface area contributed by atoms with Gasteiger partial charge in [-0.05, 0) is 31.3 Å². The Kier molecular flexibility index (Phi) is 6.31. The number of carbonyl (C=O) groups is 1. The van der Waals surface area contributed by atoms with Crippen LogP contribution in [0.3, 0.4) is 0 Å². The fraction of sp³-hybridized carbons (Fsp3) is 0.533. The third-order valence-electron chi connectivity index (χ3n) is 3.32. The highest BCUT2D eigenvalue weighted by molar-refractivity contribution is 5.99. The molecule has 0 spiro atoms. The summed E-state index contributed by atoms with van der Waals surface area (Å²) in [6, 6.07) is 5.35. The molecule has 0 unspecified atom stereocenters. The SMILES string of the molecule is CCN(CC)CCNc1cc(N)ccc1C(=O)N(C)C. The summed E-state index contributed by atoms with van der Waals surface area (Å²) in [7, 11) is 3.50. The molecule has 0 aromatic heterocycles. The van der Waals surface area contributed by atoms with Gasteiger partial charge in [0.2, 0.25) is 0 Å². The van der Waals surface area contributed by atoms with Crippen molar-refractivity contribution in [2.75, 3.05) is 51.3 Å². The van der Waals surface area contributed by atoms with Crippen LogP contribution < -0.4 is 11.1 Å². The number of nitrogens with one attached hydrogen (secondary N) is 1. The minimum Gasteiger partial charge on any atom is -0.399 e. The molecule has 1 aromatic rings. The van der Waals surface area contributed by atoms with Gasteiger partial charge >= 0.3 is 0 Å². The van der Waals surface area contributed by atoms with Crippen LogP contribution in [-0.2, 0) is 0 Å². The summed E-state index contributed by atoms with van der Waals surface area (Å²) < 4.78 is 0.